The average molecular weight is 212 g/mol. The van der Waals surface area contributed by atoms with Gasteiger partial charge in [0.15, 0.2) is 5.78 Å². The van der Waals surface area contributed by atoms with Gasteiger partial charge in [-0.3, -0.25) is 9.59 Å². The second-order valence-electron chi connectivity index (χ2n) is 3.56. The minimum Gasteiger partial charge on any atom is -0.481 e. The maximum absolute atomic E-state index is 11.4. The third-order valence-corrected chi connectivity index (χ3v) is 2.35. The van der Waals surface area contributed by atoms with E-state index in [2.05, 4.69) is 0 Å². The highest BCUT2D eigenvalue weighted by Gasteiger charge is 2.23. The number of rotatable bonds is 6. The van der Waals surface area contributed by atoms with Crippen molar-refractivity contribution in [3.05, 3.63) is 11.6 Å². The lowest BCUT2D eigenvalue weighted by molar-refractivity contribution is -0.137. The van der Waals surface area contributed by atoms with Crippen LogP contribution < -0.4 is 0 Å². The van der Waals surface area contributed by atoms with E-state index in [1.165, 1.54) is 0 Å². The van der Waals surface area contributed by atoms with E-state index in [1.807, 2.05) is 13.0 Å². The van der Waals surface area contributed by atoms with Crippen LogP contribution in [0.25, 0.3) is 0 Å². The number of allylic oxidation sites excluding steroid dienone is 1. The number of hydrogen-bond donors (Lipinski definition) is 1. The Kier molecular flexibility index (Phi) is 4.49. The number of aliphatic carboxylic acids is 1. The minimum atomic E-state index is -0.817. The van der Waals surface area contributed by atoms with E-state index in [1.54, 1.807) is 0 Å². The summed E-state index contributed by atoms with van der Waals surface area (Å²) in [6.07, 6.45) is 3.33. The first kappa shape index (κ1) is 11.9. The van der Waals surface area contributed by atoms with Crippen LogP contribution in [-0.2, 0) is 14.3 Å². The summed E-state index contributed by atoms with van der Waals surface area (Å²) in [4.78, 5) is 21.7. The van der Waals surface area contributed by atoms with Crippen LogP contribution in [0.15, 0.2) is 11.6 Å². The lowest BCUT2D eigenvalue weighted by atomic mass is 10.1. The number of ether oxygens (including phenoxy) is 1. The molecular formula is C11H16O4. The normalized spacial score (nSPS) is 20.5. The van der Waals surface area contributed by atoms with Crippen molar-refractivity contribution in [2.24, 2.45) is 0 Å². The molecule has 15 heavy (non-hydrogen) atoms. The van der Waals surface area contributed by atoms with Gasteiger partial charge in [0.1, 0.15) is 0 Å². The molecular weight excluding hydrogens is 196 g/mol. The van der Waals surface area contributed by atoms with Crippen LogP contribution in [0.1, 0.15) is 32.6 Å². The topological polar surface area (TPSA) is 63.6 Å². The summed E-state index contributed by atoms with van der Waals surface area (Å²) in [7, 11) is 0. The van der Waals surface area contributed by atoms with Gasteiger partial charge in [-0.1, -0.05) is 0 Å². The van der Waals surface area contributed by atoms with Crippen molar-refractivity contribution in [1.82, 2.24) is 0 Å². The van der Waals surface area contributed by atoms with E-state index in [4.69, 9.17) is 9.84 Å². The van der Waals surface area contributed by atoms with Crippen LogP contribution in [0, 0.1) is 0 Å². The second kappa shape index (κ2) is 5.66. The van der Waals surface area contributed by atoms with Crippen molar-refractivity contribution in [3.63, 3.8) is 0 Å². The third-order valence-electron chi connectivity index (χ3n) is 2.35. The molecule has 0 aromatic heterocycles. The van der Waals surface area contributed by atoms with E-state index < -0.39 is 5.97 Å². The number of carbonyl (C=O) groups excluding carboxylic acids is 1. The molecule has 84 valence electrons. The number of Topliss-reactive ketones (excluding diaryl/α,β-unsaturated/α-hetero) is 1. The van der Waals surface area contributed by atoms with Crippen molar-refractivity contribution in [1.29, 1.82) is 0 Å². The Balaban J connectivity index is 2.36. The van der Waals surface area contributed by atoms with Gasteiger partial charge in [0.2, 0.25) is 0 Å². The average Bonchev–Trinajstić information content (AvgIpc) is 2.47. The number of ketones is 1. The molecule has 0 spiro atoms. The summed E-state index contributed by atoms with van der Waals surface area (Å²) in [5.41, 5.74) is 0.731. The van der Waals surface area contributed by atoms with Crippen LogP contribution >= 0.6 is 0 Å². The fourth-order valence-corrected chi connectivity index (χ4v) is 1.66. The molecule has 0 aromatic rings. The van der Waals surface area contributed by atoms with Gasteiger partial charge in [0, 0.05) is 19.4 Å². The molecule has 1 atom stereocenters. The van der Waals surface area contributed by atoms with Gasteiger partial charge < -0.3 is 9.84 Å². The van der Waals surface area contributed by atoms with Gasteiger partial charge in [-0.15, -0.1) is 0 Å². The zero-order chi connectivity index (χ0) is 11.3. The predicted octanol–water partition coefficient (Wildman–Crippen LogP) is 1.55. The van der Waals surface area contributed by atoms with Crippen molar-refractivity contribution in [2.75, 3.05) is 6.61 Å². The molecule has 1 aliphatic rings. The first-order chi connectivity index (χ1) is 7.13. The quantitative estimate of drug-likeness (QED) is 0.725. The first-order valence-corrected chi connectivity index (χ1v) is 5.20. The van der Waals surface area contributed by atoms with Crippen LogP contribution in [0.2, 0.25) is 0 Å². The molecule has 0 saturated heterocycles. The second-order valence-corrected chi connectivity index (χ2v) is 3.56. The molecule has 1 N–H and O–H groups in total. The van der Waals surface area contributed by atoms with Gasteiger partial charge in [-0.05, 0) is 31.4 Å². The largest absolute Gasteiger partial charge is 0.481 e. The van der Waals surface area contributed by atoms with Gasteiger partial charge in [0.25, 0.3) is 0 Å². The lowest BCUT2D eigenvalue weighted by Crippen LogP contribution is -2.08. The Hall–Kier alpha value is -1.16. The van der Waals surface area contributed by atoms with E-state index in [-0.39, 0.29) is 18.3 Å². The molecule has 0 aliphatic heterocycles. The molecule has 0 heterocycles. The van der Waals surface area contributed by atoms with Crippen molar-refractivity contribution >= 4 is 11.8 Å². The standard InChI is InChI=1S/C11H16O4/c1-2-15-9-6-8(10(12)7-9)4-3-5-11(13)14/h6,9H,2-5,7H2,1H3,(H,13,14). The van der Waals surface area contributed by atoms with Gasteiger partial charge in [-0.2, -0.15) is 0 Å². The Labute approximate surface area is 88.9 Å². The maximum Gasteiger partial charge on any atom is 0.303 e. The Morgan fingerprint density at radius 1 is 1.67 bits per heavy atom. The molecule has 0 aromatic carbocycles. The summed E-state index contributed by atoms with van der Waals surface area (Å²) in [5, 5.41) is 8.46. The van der Waals surface area contributed by atoms with E-state index in [0.29, 0.717) is 25.9 Å². The monoisotopic (exact) mass is 212 g/mol. The molecule has 0 bridgehead atoms. The molecule has 4 heteroatoms. The molecule has 1 unspecified atom stereocenters. The summed E-state index contributed by atoms with van der Waals surface area (Å²) < 4.78 is 5.32. The van der Waals surface area contributed by atoms with Gasteiger partial charge >= 0.3 is 5.97 Å². The molecule has 0 fully saturated rings. The van der Waals surface area contributed by atoms with Crippen LogP contribution in [0.5, 0.6) is 0 Å². The Morgan fingerprint density at radius 3 is 3.00 bits per heavy atom. The third kappa shape index (κ3) is 3.83. The Morgan fingerprint density at radius 2 is 2.40 bits per heavy atom. The minimum absolute atomic E-state index is 0.0951. The van der Waals surface area contributed by atoms with Crippen LogP contribution in [0.4, 0.5) is 0 Å². The van der Waals surface area contributed by atoms with Crippen LogP contribution in [0.3, 0.4) is 0 Å². The SMILES string of the molecule is CCOC1C=C(CCCC(=O)O)C(=O)C1. The molecule has 0 amide bonds. The van der Waals surface area contributed by atoms with Gasteiger partial charge in [0.05, 0.1) is 6.10 Å². The smallest absolute Gasteiger partial charge is 0.303 e. The Bertz CT molecular complexity index is 280. The predicted molar refractivity (Wildman–Crippen MR) is 54.6 cm³/mol. The fraction of sp³-hybridized carbons (Fsp3) is 0.636. The number of carboxylic acids is 1. The van der Waals surface area contributed by atoms with Crippen molar-refractivity contribution < 1.29 is 19.4 Å². The highest BCUT2D eigenvalue weighted by atomic mass is 16.5. The van der Waals surface area contributed by atoms with Gasteiger partial charge in [-0.25, -0.2) is 0 Å². The summed E-state index contributed by atoms with van der Waals surface area (Å²) in [6.45, 7) is 2.48. The zero-order valence-corrected chi connectivity index (χ0v) is 8.86. The number of hydrogen-bond acceptors (Lipinski definition) is 3. The van der Waals surface area contributed by atoms with Crippen molar-refractivity contribution in [3.8, 4) is 0 Å². The fourth-order valence-electron chi connectivity index (χ4n) is 1.66. The summed E-state index contributed by atoms with van der Waals surface area (Å²) in [6, 6.07) is 0. The van der Waals surface area contributed by atoms with E-state index in [9.17, 15) is 9.59 Å². The highest BCUT2D eigenvalue weighted by Crippen LogP contribution is 2.21. The number of carbonyl (C=O) groups is 2. The molecule has 1 rings (SSSR count). The lowest BCUT2D eigenvalue weighted by Gasteiger charge is -2.04. The first-order valence-electron chi connectivity index (χ1n) is 5.20. The molecule has 0 radical (unpaired) electrons. The van der Waals surface area contributed by atoms with E-state index in [0.717, 1.165) is 5.57 Å². The number of carboxylic acid groups (broad SMARTS) is 1. The molecule has 0 saturated carbocycles. The van der Waals surface area contributed by atoms with E-state index >= 15 is 0 Å². The summed E-state index contributed by atoms with van der Waals surface area (Å²) in [5.74, 6) is -0.721. The molecule has 4 nitrogen and oxygen atoms in total. The van der Waals surface area contributed by atoms with Crippen molar-refractivity contribution in [2.45, 2.75) is 38.7 Å². The highest BCUT2D eigenvalue weighted by molar-refractivity contribution is 5.98. The van der Waals surface area contributed by atoms with Crippen LogP contribution in [-0.4, -0.2) is 29.6 Å². The molecule has 1 aliphatic carbocycles. The summed E-state index contributed by atoms with van der Waals surface area (Å²) >= 11 is 0. The zero-order valence-electron chi connectivity index (χ0n) is 8.86. The maximum atomic E-state index is 11.4.